The van der Waals surface area contributed by atoms with Crippen molar-refractivity contribution >= 4 is 35.4 Å². The molecule has 2 aromatic rings. The van der Waals surface area contributed by atoms with Crippen molar-refractivity contribution in [1.29, 1.82) is 0 Å². The Bertz CT molecular complexity index is 949. The van der Waals surface area contributed by atoms with Gasteiger partial charge in [0.05, 0.1) is 17.9 Å². The normalized spacial score (nSPS) is 10.5. The fourth-order valence-electron chi connectivity index (χ4n) is 2.22. The summed E-state index contributed by atoms with van der Waals surface area (Å²) in [7, 11) is 0. The zero-order valence-corrected chi connectivity index (χ0v) is 16.7. The summed E-state index contributed by atoms with van der Waals surface area (Å²) in [6.45, 7) is 1.85. The molecule has 0 saturated carbocycles. The second-order valence-corrected chi connectivity index (χ2v) is 6.24. The third kappa shape index (κ3) is 8.21. The first-order valence-corrected chi connectivity index (χ1v) is 9.37. The van der Waals surface area contributed by atoms with Crippen molar-refractivity contribution in [3.05, 3.63) is 59.7 Å². The van der Waals surface area contributed by atoms with E-state index in [0.29, 0.717) is 30.1 Å². The number of nitrogens with zero attached hydrogens (tertiary/aromatic N) is 1. The monoisotopic (exact) mass is 433 g/mol. The Kier molecular flexibility index (Phi) is 9.09. The molecule has 0 heterocycles. The molecule has 0 atom stereocenters. The number of esters is 1. The Morgan fingerprint density at radius 1 is 1.06 bits per heavy atom. The smallest absolute Gasteiger partial charge is 0.338 e. The van der Waals surface area contributed by atoms with Gasteiger partial charge in [-0.2, -0.15) is 0 Å². The second kappa shape index (κ2) is 12.0. The molecule has 0 fully saturated rings. The summed E-state index contributed by atoms with van der Waals surface area (Å²) in [5.41, 5.74) is 0.555. The molecule has 0 radical (unpaired) electrons. The van der Waals surface area contributed by atoms with Crippen molar-refractivity contribution < 1.29 is 32.7 Å². The van der Waals surface area contributed by atoms with Crippen molar-refractivity contribution in [3.8, 4) is 0 Å². The second-order valence-electron chi connectivity index (χ2n) is 6.24. The van der Waals surface area contributed by atoms with E-state index < -0.39 is 36.0 Å². The first kappa shape index (κ1) is 23.5. The van der Waals surface area contributed by atoms with Crippen LogP contribution in [-0.4, -0.2) is 37.2 Å². The predicted molar refractivity (Wildman–Crippen MR) is 110 cm³/mol. The number of amides is 2. The fourth-order valence-corrected chi connectivity index (χ4v) is 2.22. The molecule has 2 rings (SSSR count). The Morgan fingerprint density at radius 2 is 1.81 bits per heavy atom. The van der Waals surface area contributed by atoms with Crippen LogP contribution >= 0.6 is 0 Å². The summed E-state index contributed by atoms with van der Waals surface area (Å²) in [5.74, 6) is -3.54. The van der Waals surface area contributed by atoms with E-state index in [0.717, 1.165) is 25.0 Å². The zero-order chi connectivity index (χ0) is 22.6. The molecule has 0 saturated heterocycles. The van der Waals surface area contributed by atoms with Crippen molar-refractivity contribution in [2.24, 2.45) is 5.16 Å². The van der Waals surface area contributed by atoms with Gasteiger partial charge in [0.2, 0.25) is 0 Å². The number of ether oxygens (including phenoxy) is 1. The lowest BCUT2D eigenvalue weighted by molar-refractivity contribution is -0.120. The largest absolute Gasteiger partial charge is 0.462 e. The number of halogens is 2. The Morgan fingerprint density at radius 3 is 2.48 bits per heavy atom. The minimum Gasteiger partial charge on any atom is -0.462 e. The topological polar surface area (TPSA) is 106 Å². The van der Waals surface area contributed by atoms with Crippen LogP contribution in [0.3, 0.4) is 0 Å². The number of oxime groups is 1. The summed E-state index contributed by atoms with van der Waals surface area (Å²) in [6, 6.07) is 8.75. The SMILES string of the molecule is CCCCOC(=O)c1ccc(NC(=O)CO/N=C/C(=O)Nc2ccc(F)cc2F)cc1. The molecular formula is C21H21F2N3O5. The minimum absolute atomic E-state index is 0.228. The summed E-state index contributed by atoms with van der Waals surface area (Å²) < 4.78 is 31.4. The van der Waals surface area contributed by atoms with Crippen LogP contribution in [0.2, 0.25) is 0 Å². The highest BCUT2D eigenvalue weighted by atomic mass is 19.1. The molecule has 10 heteroatoms. The number of carbonyl (C=O) groups is 3. The number of unbranched alkanes of at least 4 members (excludes halogenated alkanes) is 1. The van der Waals surface area contributed by atoms with Crippen molar-refractivity contribution in [3.63, 3.8) is 0 Å². The van der Waals surface area contributed by atoms with Crippen molar-refractivity contribution in [2.75, 3.05) is 23.8 Å². The van der Waals surface area contributed by atoms with E-state index in [9.17, 15) is 23.2 Å². The van der Waals surface area contributed by atoms with Gasteiger partial charge >= 0.3 is 5.97 Å². The maximum Gasteiger partial charge on any atom is 0.338 e. The maximum absolute atomic E-state index is 13.4. The van der Waals surface area contributed by atoms with Crippen LogP contribution in [0.25, 0.3) is 0 Å². The van der Waals surface area contributed by atoms with E-state index in [4.69, 9.17) is 9.57 Å². The molecule has 2 amide bonds. The molecule has 0 aliphatic rings. The Balaban J connectivity index is 1.73. The molecule has 0 aliphatic carbocycles. The standard InChI is InChI=1S/C21H21F2N3O5/c1-2-3-10-30-21(29)14-4-7-16(8-5-14)25-20(28)13-31-24-12-19(27)26-18-9-6-15(22)11-17(18)23/h4-9,11-12H,2-3,10,13H2,1H3,(H,25,28)(H,26,27)/b24-12+. The van der Waals surface area contributed by atoms with E-state index >= 15 is 0 Å². The molecule has 0 aromatic heterocycles. The number of anilines is 2. The maximum atomic E-state index is 13.4. The molecule has 0 unspecified atom stereocenters. The summed E-state index contributed by atoms with van der Waals surface area (Å²) in [4.78, 5) is 40.0. The highest BCUT2D eigenvalue weighted by Gasteiger charge is 2.09. The number of carbonyl (C=O) groups excluding carboxylic acids is 3. The molecule has 0 bridgehead atoms. The highest BCUT2D eigenvalue weighted by molar-refractivity contribution is 6.31. The molecular weight excluding hydrogens is 412 g/mol. The van der Waals surface area contributed by atoms with Gasteiger partial charge in [0.25, 0.3) is 11.8 Å². The summed E-state index contributed by atoms with van der Waals surface area (Å²) in [5, 5.41) is 7.99. The number of rotatable bonds is 10. The third-order valence-corrected chi connectivity index (χ3v) is 3.76. The Hall–Kier alpha value is -3.82. The van der Waals surface area contributed by atoms with E-state index in [1.807, 2.05) is 6.92 Å². The van der Waals surface area contributed by atoms with E-state index in [2.05, 4.69) is 15.8 Å². The van der Waals surface area contributed by atoms with Crippen molar-refractivity contribution in [1.82, 2.24) is 0 Å². The molecule has 164 valence electrons. The fraction of sp³-hybridized carbons (Fsp3) is 0.238. The number of hydrogen-bond acceptors (Lipinski definition) is 6. The number of benzene rings is 2. The predicted octanol–water partition coefficient (Wildman–Crippen LogP) is 3.50. The quantitative estimate of drug-likeness (QED) is 0.258. The molecule has 8 nitrogen and oxygen atoms in total. The van der Waals surface area contributed by atoms with Crippen LogP contribution in [-0.2, 0) is 19.2 Å². The van der Waals surface area contributed by atoms with Crippen LogP contribution in [0.5, 0.6) is 0 Å². The van der Waals surface area contributed by atoms with Crippen LogP contribution < -0.4 is 10.6 Å². The van der Waals surface area contributed by atoms with Gasteiger partial charge in [-0.25, -0.2) is 13.6 Å². The van der Waals surface area contributed by atoms with Crippen LogP contribution in [0.1, 0.15) is 30.1 Å². The van der Waals surface area contributed by atoms with Crippen molar-refractivity contribution in [2.45, 2.75) is 19.8 Å². The highest BCUT2D eigenvalue weighted by Crippen LogP contribution is 2.14. The molecule has 0 aliphatic heterocycles. The van der Waals surface area contributed by atoms with Gasteiger partial charge in [0, 0.05) is 11.8 Å². The van der Waals surface area contributed by atoms with Crippen LogP contribution in [0, 0.1) is 11.6 Å². The minimum atomic E-state index is -0.942. The van der Waals surface area contributed by atoms with Gasteiger partial charge in [-0.3, -0.25) is 9.59 Å². The third-order valence-electron chi connectivity index (χ3n) is 3.76. The average Bonchev–Trinajstić information content (AvgIpc) is 2.74. The van der Waals surface area contributed by atoms with Gasteiger partial charge in [-0.15, -0.1) is 0 Å². The van der Waals surface area contributed by atoms with Crippen LogP contribution in [0.15, 0.2) is 47.6 Å². The zero-order valence-electron chi connectivity index (χ0n) is 16.7. The first-order valence-electron chi connectivity index (χ1n) is 9.37. The van der Waals surface area contributed by atoms with E-state index in [1.165, 1.54) is 24.3 Å². The van der Waals surface area contributed by atoms with Crippen LogP contribution in [0.4, 0.5) is 20.2 Å². The van der Waals surface area contributed by atoms with E-state index in [-0.39, 0.29) is 5.69 Å². The molecule has 2 aromatic carbocycles. The lowest BCUT2D eigenvalue weighted by Crippen LogP contribution is -2.18. The number of nitrogens with one attached hydrogen (secondary N) is 2. The lowest BCUT2D eigenvalue weighted by Gasteiger charge is -2.06. The summed E-state index contributed by atoms with van der Waals surface area (Å²) in [6.07, 6.45) is 2.41. The molecule has 2 N–H and O–H groups in total. The summed E-state index contributed by atoms with van der Waals surface area (Å²) >= 11 is 0. The molecule has 0 spiro atoms. The number of hydrogen-bond donors (Lipinski definition) is 2. The Labute approximate surface area is 177 Å². The van der Waals surface area contributed by atoms with Gasteiger partial charge < -0.3 is 20.2 Å². The van der Waals surface area contributed by atoms with Gasteiger partial charge in [-0.1, -0.05) is 18.5 Å². The first-order chi connectivity index (χ1) is 14.9. The molecule has 31 heavy (non-hydrogen) atoms. The van der Waals surface area contributed by atoms with Gasteiger partial charge in [0.15, 0.2) is 6.61 Å². The van der Waals surface area contributed by atoms with E-state index in [1.54, 1.807) is 0 Å². The average molecular weight is 433 g/mol. The van der Waals surface area contributed by atoms with Gasteiger partial charge in [-0.05, 0) is 42.8 Å². The van der Waals surface area contributed by atoms with Gasteiger partial charge in [0.1, 0.15) is 17.8 Å². The lowest BCUT2D eigenvalue weighted by atomic mass is 10.2.